The molecule has 29 heavy (non-hydrogen) atoms. The molecule has 0 saturated heterocycles. The molecule has 2 heterocycles. The summed E-state index contributed by atoms with van der Waals surface area (Å²) in [6.45, 7) is 3.88. The molecule has 146 valence electrons. The number of para-hydroxylation sites is 1. The molecule has 0 saturated carbocycles. The fourth-order valence-electron chi connectivity index (χ4n) is 3.40. The molecule has 2 aromatic heterocycles. The SMILES string of the molecule is COc1ccc(-n2c(C)nnc2-c2ccc(-c3ccccc3OC)cc2)c(C)n1. The van der Waals surface area contributed by atoms with Crippen molar-refractivity contribution < 1.29 is 9.47 Å². The van der Waals surface area contributed by atoms with Crippen LogP contribution in [0.15, 0.2) is 60.7 Å². The quantitative estimate of drug-likeness (QED) is 0.500. The number of hydrogen-bond donors (Lipinski definition) is 0. The Hall–Kier alpha value is -3.67. The first-order valence-corrected chi connectivity index (χ1v) is 9.30. The predicted molar refractivity (Wildman–Crippen MR) is 113 cm³/mol. The molecule has 0 bridgehead atoms. The molecular formula is C23H22N4O2. The van der Waals surface area contributed by atoms with E-state index in [1.165, 1.54) is 0 Å². The van der Waals surface area contributed by atoms with Gasteiger partial charge in [-0.1, -0.05) is 42.5 Å². The van der Waals surface area contributed by atoms with Crippen molar-refractivity contribution in [1.82, 2.24) is 19.7 Å². The number of aryl methyl sites for hydroxylation is 2. The van der Waals surface area contributed by atoms with Crippen molar-refractivity contribution in [2.45, 2.75) is 13.8 Å². The highest BCUT2D eigenvalue weighted by atomic mass is 16.5. The summed E-state index contributed by atoms with van der Waals surface area (Å²) in [5.74, 6) is 2.99. The van der Waals surface area contributed by atoms with Crippen molar-refractivity contribution in [3.63, 3.8) is 0 Å². The second kappa shape index (κ2) is 7.75. The van der Waals surface area contributed by atoms with Crippen molar-refractivity contribution in [3.05, 3.63) is 72.2 Å². The van der Waals surface area contributed by atoms with Crippen molar-refractivity contribution in [1.29, 1.82) is 0 Å². The summed E-state index contributed by atoms with van der Waals surface area (Å²) < 4.78 is 12.7. The first-order chi connectivity index (χ1) is 14.1. The van der Waals surface area contributed by atoms with Gasteiger partial charge in [-0.05, 0) is 31.5 Å². The highest BCUT2D eigenvalue weighted by molar-refractivity contribution is 5.73. The molecule has 0 atom stereocenters. The molecule has 6 heteroatoms. The third-order valence-electron chi connectivity index (χ3n) is 4.87. The lowest BCUT2D eigenvalue weighted by atomic mass is 10.0. The van der Waals surface area contributed by atoms with Crippen LogP contribution in [-0.2, 0) is 0 Å². The number of ether oxygens (including phenoxy) is 2. The van der Waals surface area contributed by atoms with Gasteiger partial charge in [-0.25, -0.2) is 4.98 Å². The first kappa shape index (κ1) is 18.7. The van der Waals surface area contributed by atoms with E-state index in [-0.39, 0.29) is 0 Å². The van der Waals surface area contributed by atoms with Gasteiger partial charge in [0.05, 0.1) is 25.6 Å². The molecule has 0 spiro atoms. The third-order valence-corrected chi connectivity index (χ3v) is 4.87. The van der Waals surface area contributed by atoms with Gasteiger partial charge in [0.1, 0.15) is 11.6 Å². The fraction of sp³-hybridized carbons (Fsp3) is 0.174. The Morgan fingerprint density at radius 2 is 1.48 bits per heavy atom. The third kappa shape index (κ3) is 3.45. The van der Waals surface area contributed by atoms with Gasteiger partial charge in [0.2, 0.25) is 5.88 Å². The van der Waals surface area contributed by atoms with Crippen molar-refractivity contribution in [2.24, 2.45) is 0 Å². The molecule has 4 rings (SSSR count). The molecule has 4 aromatic rings. The number of pyridine rings is 1. The molecule has 0 radical (unpaired) electrons. The van der Waals surface area contributed by atoms with Crippen LogP contribution in [0.2, 0.25) is 0 Å². The van der Waals surface area contributed by atoms with Crippen LogP contribution < -0.4 is 9.47 Å². The molecule has 6 nitrogen and oxygen atoms in total. The van der Waals surface area contributed by atoms with Gasteiger partial charge in [0.15, 0.2) is 5.82 Å². The van der Waals surface area contributed by atoms with E-state index in [9.17, 15) is 0 Å². The minimum absolute atomic E-state index is 0.583. The van der Waals surface area contributed by atoms with Gasteiger partial charge >= 0.3 is 0 Å². The van der Waals surface area contributed by atoms with Crippen LogP contribution in [0.25, 0.3) is 28.2 Å². The predicted octanol–water partition coefficient (Wildman–Crippen LogP) is 4.63. The average molecular weight is 386 g/mol. The Balaban J connectivity index is 1.76. The van der Waals surface area contributed by atoms with Gasteiger partial charge in [-0.2, -0.15) is 0 Å². The summed E-state index contributed by atoms with van der Waals surface area (Å²) in [7, 11) is 3.30. The van der Waals surface area contributed by atoms with E-state index in [2.05, 4.69) is 27.3 Å². The van der Waals surface area contributed by atoms with E-state index in [1.54, 1.807) is 14.2 Å². The zero-order chi connectivity index (χ0) is 20.4. The Kier molecular flexibility index (Phi) is 4.99. The average Bonchev–Trinajstić information content (AvgIpc) is 3.14. The summed E-state index contributed by atoms with van der Waals surface area (Å²) in [6.07, 6.45) is 0. The van der Waals surface area contributed by atoms with Crippen LogP contribution >= 0.6 is 0 Å². The molecule has 0 aliphatic heterocycles. The van der Waals surface area contributed by atoms with Crippen molar-refractivity contribution >= 4 is 0 Å². The van der Waals surface area contributed by atoms with Crippen LogP contribution in [0, 0.1) is 13.8 Å². The summed E-state index contributed by atoms with van der Waals surface area (Å²) in [4.78, 5) is 4.48. The molecule has 0 aliphatic rings. The minimum Gasteiger partial charge on any atom is -0.496 e. The van der Waals surface area contributed by atoms with E-state index in [1.807, 2.05) is 66.9 Å². The Morgan fingerprint density at radius 3 is 2.17 bits per heavy atom. The summed E-state index contributed by atoms with van der Waals surface area (Å²) in [5.41, 5.74) is 4.88. The number of nitrogens with zero attached hydrogens (tertiary/aromatic N) is 4. The zero-order valence-corrected chi connectivity index (χ0v) is 16.9. The second-order valence-corrected chi connectivity index (χ2v) is 6.64. The number of methoxy groups -OCH3 is 2. The lowest BCUT2D eigenvalue weighted by molar-refractivity contribution is 0.397. The second-order valence-electron chi connectivity index (χ2n) is 6.64. The van der Waals surface area contributed by atoms with Gasteiger partial charge < -0.3 is 9.47 Å². The highest BCUT2D eigenvalue weighted by Crippen LogP contribution is 2.32. The number of rotatable bonds is 5. The standard InChI is InChI=1S/C23H22N4O2/c1-15-20(13-14-22(24-15)29-4)27-16(2)25-26-23(27)18-11-9-17(10-12-18)19-7-5-6-8-21(19)28-3/h5-14H,1-4H3. The van der Waals surface area contributed by atoms with E-state index in [0.29, 0.717) is 5.88 Å². The first-order valence-electron chi connectivity index (χ1n) is 9.30. The van der Waals surface area contributed by atoms with Crippen LogP contribution in [0.3, 0.4) is 0 Å². The highest BCUT2D eigenvalue weighted by Gasteiger charge is 2.16. The lowest BCUT2D eigenvalue weighted by Gasteiger charge is -2.13. The number of aromatic nitrogens is 4. The molecule has 0 aliphatic carbocycles. The van der Waals surface area contributed by atoms with Crippen LogP contribution in [0.1, 0.15) is 11.5 Å². The maximum atomic E-state index is 5.48. The Morgan fingerprint density at radius 1 is 0.759 bits per heavy atom. The number of hydrogen-bond acceptors (Lipinski definition) is 5. The molecule has 0 fully saturated rings. The fourth-order valence-corrected chi connectivity index (χ4v) is 3.40. The van der Waals surface area contributed by atoms with E-state index in [0.717, 1.165) is 45.5 Å². The lowest BCUT2D eigenvalue weighted by Crippen LogP contribution is -2.04. The maximum absolute atomic E-state index is 5.48. The number of benzene rings is 2. The van der Waals surface area contributed by atoms with Gasteiger partial charge in [0, 0.05) is 17.2 Å². The van der Waals surface area contributed by atoms with E-state index in [4.69, 9.17) is 9.47 Å². The largest absolute Gasteiger partial charge is 0.496 e. The van der Waals surface area contributed by atoms with Crippen molar-refractivity contribution in [2.75, 3.05) is 14.2 Å². The van der Waals surface area contributed by atoms with Gasteiger partial charge in [-0.15, -0.1) is 10.2 Å². The summed E-state index contributed by atoms with van der Waals surface area (Å²) in [5, 5.41) is 8.71. The normalized spacial score (nSPS) is 10.8. The molecule has 0 amide bonds. The Bertz CT molecular complexity index is 1150. The van der Waals surface area contributed by atoms with E-state index >= 15 is 0 Å². The van der Waals surface area contributed by atoms with Crippen LogP contribution in [0.5, 0.6) is 11.6 Å². The smallest absolute Gasteiger partial charge is 0.213 e. The van der Waals surface area contributed by atoms with Gasteiger partial charge in [-0.3, -0.25) is 4.57 Å². The molecular weight excluding hydrogens is 364 g/mol. The topological polar surface area (TPSA) is 62.1 Å². The molecule has 0 N–H and O–H groups in total. The monoisotopic (exact) mass is 386 g/mol. The Labute approximate surface area is 169 Å². The van der Waals surface area contributed by atoms with Crippen LogP contribution in [0.4, 0.5) is 0 Å². The van der Waals surface area contributed by atoms with Crippen LogP contribution in [-0.4, -0.2) is 34.0 Å². The van der Waals surface area contributed by atoms with E-state index < -0.39 is 0 Å². The zero-order valence-electron chi connectivity index (χ0n) is 16.9. The minimum atomic E-state index is 0.583. The van der Waals surface area contributed by atoms with Crippen molar-refractivity contribution in [3.8, 4) is 39.8 Å². The molecule has 2 aromatic carbocycles. The summed E-state index contributed by atoms with van der Waals surface area (Å²) in [6, 6.07) is 20.0. The maximum Gasteiger partial charge on any atom is 0.213 e. The summed E-state index contributed by atoms with van der Waals surface area (Å²) >= 11 is 0. The van der Waals surface area contributed by atoms with Gasteiger partial charge in [0.25, 0.3) is 0 Å². The molecule has 0 unspecified atom stereocenters.